The molecule has 7 bridgehead atoms. The summed E-state index contributed by atoms with van der Waals surface area (Å²) in [5, 5.41) is 55.2. The van der Waals surface area contributed by atoms with Gasteiger partial charge in [-0.15, -0.1) is 0 Å². The molecule has 0 radical (unpaired) electrons. The molecule has 4 saturated heterocycles. The number of aliphatic hydroxyl groups is 4. The monoisotopic (exact) mass is 759 g/mol. The number of allylic oxidation sites excluding steroid dienone is 4. The number of nitrogens with one attached hydrogen (secondary N) is 1. The number of hydrogen-bond donors (Lipinski definition) is 5. The van der Waals surface area contributed by atoms with E-state index in [1.807, 2.05) is 32.9 Å². The fourth-order valence-corrected chi connectivity index (χ4v) is 16.4. The van der Waals surface area contributed by atoms with Gasteiger partial charge in [-0.3, -0.25) is 24.0 Å². The van der Waals surface area contributed by atoms with Crippen LogP contribution in [0.2, 0.25) is 0 Å². The Bertz CT molecular complexity index is 2110. The van der Waals surface area contributed by atoms with E-state index in [1.54, 1.807) is 0 Å². The maximum atomic E-state index is 16.5. The number of carbonyl (C=O) groups is 5. The summed E-state index contributed by atoms with van der Waals surface area (Å²) in [6, 6.07) is -0.364. The summed E-state index contributed by atoms with van der Waals surface area (Å²) in [5.74, 6) is -12.3. The molecule has 5 heterocycles. The van der Waals surface area contributed by atoms with Crippen molar-refractivity contribution in [2.45, 2.75) is 115 Å². The van der Waals surface area contributed by atoms with Crippen LogP contribution in [0.3, 0.4) is 0 Å². The van der Waals surface area contributed by atoms with E-state index < -0.39 is 134 Å². The Morgan fingerprint density at radius 2 is 1.69 bits per heavy atom. The molecule has 55 heavy (non-hydrogen) atoms. The van der Waals surface area contributed by atoms with Crippen LogP contribution < -0.4 is 5.32 Å². The zero-order valence-corrected chi connectivity index (χ0v) is 32.0. The quantitative estimate of drug-likeness (QED) is 0.197. The second kappa shape index (κ2) is 9.45. The minimum absolute atomic E-state index is 0.0618. The van der Waals surface area contributed by atoms with Crippen LogP contribution in [-0.2, 0) is 38.2 Å². The molecule has 3 spiro atoms. The number of rotatable bonds is 2. The fraction of sp³-hybridized carbons (Fsp3) is 0.738. The van der Waals surface area contributed by atoms with Gasteiger partial charge in [0.25, 0.3) is 0 Å². The van der Waals surface area contributed by atoms with Gasteiger partial charge in [0.1, 0.15) is 22.9 Å². The molecule has 5 N–H and O–H groups in total. The van der Waals surface area contributed by atoms with E-state index in [0.29, 0.717) is 12.8 Å². The molecule has 5 aliphatic heterocycles. The third-order valence-electron chi connectivity index (χ3n) is 18.0. The lowest BCUT2D eigenvalue weighted by molar-refractivity contribution is -0.463. The standard InChI is InChI=1S/C42H49NO12/c1-15(2)10-21-26-18(5)17(4)12-20-11-16(3)8-9-22(44)27-24-25(29(46)37(20,26)34(49)43-21)30-38-19(6)28(45)41(51)35(7)23-13-53-14-36(23,38)33(48)39(50,32(35)47)40(38,31(24)54-30)42(41,52)55-27/h11-13,15,18-22,24-27,30-31,44,50-52H,8-10,14H2,1-7H3,(H,43,49). The summed E-state index contributed by atoms with van der Waals surface area (Å²) in [4.78, 5) is 77.3. The van der Waals surface area contributed by atoms with E-state index in [9.17, 15) is 20.4 Å². The van der Waals surface area contributed by atoms with Crippen molar-refractivity contribution in [1.82, 2.24) is 5.32 Å². The Balaban J connectivity index is 1.26. The van der Waals surface area contributed by atoms with E-state index in [1.165, 1.54) is 20.1 Å². The highest BCUT2D eigenvalue weighted by molar-refractivity contribution is 6.29. The molecule has 4 saturated carbocycles. The van der Waals surface area contributed by atoms with Gasteiger partial charge in [0.2, 0.25) is 11.7 Å². The number of hydrogen-bond acceptors (Lipinski definition) is 12. The van der Waals surface area contributed by atoms with Gasteiger partial charge in [0.05, 0.1) is 42.0 Å². The molecular weight excluding hydrogens is 710 g/mol. The van der Waals surface area contributed by atoms with Crippen LogP contribution in [0, 0.1) is 68.5 Å². The first-order valence-electron chi connectivity index (χ1n) is 20.1. The molecule has 19 unspecified atom stereocenters. The molecule has 8 fully saturated rings. The third-order valence-corrected chi connectivity index (χ3v) is 18.0. The minimum atomic E-state index is -3.14. The number of ketones is 4. The van der Waals surface area contributed by atoms with E-state index in [2.05, 4.69) is 19.2 Å². The molecule has 13 heteroatoms. The number of carbonyl (C=O) groups excluding carboxylic acids is 5. The Morgan fingerprint density at radius 1 is 0.982 bits per heavy atom. The van der Waals surface area contributed by atoms with Gasteiger partial charge >= 0.3 is 0 Å². The molecule has 294 valence electrons. The molecule has 0 aromatic carbocycles. The van der Waals surface area contributed by atoms with E-state index in [4.69, 9.17) is 14.2 Å². The van der Waals surface area contributed by atoms with Gasteiger partial charge in [-0.25, -0.2) is 0 Å². The molecule has 6 aliphatic carbocycles. The van der Waals surface area contributed by atoms with Gasteiger partial charge in [-0.2, -0.15) is 0 Å². The zero-order chi connectivity index (χ0) is 39.3. The third kappa shape index (κ3) is 2.71. The molecule has 1 amide bonds. The fourth-order valence-electron chi connectivity index (χ4n) is 16.4. The highest BCUT2D eigenvalue weighted by atomic mass is 16.7. The Morgan fingerprint density at radius 3 is 2.38 bits per heavy atom. The smallest absolute Gasteiger partial charge is 0.235 e. The normalized spacial score (nSPS) is 59.9. The molecule has 0 aromatic rings. The van der Waals surface area contributed by atoms with Gasteiger partial charge in [-0.05, 0) is 57.4 Å². The second-order valence-electron chi connectivity index (χ2n) is 19.8. The van der Waals surface area contributed by atoms with Crippen LogP contribution in [0.5, 0.6) is 0 Å². The molecule has 11 rings (SSSR count). The van der Waals surface area contributed by atoms with Crippen LogP contribution >= 0.6 is 0 Å². The Hall–Kier alpha value is -3.07. The molecule has 19 atom stereocenters. The maximum Gasteiger partial charge on any atom is 0.235 e. The van der Waals surface area contributed by atoms with E-state index in [-0.39, 0.29) is 29.9 Å². The molecule has 11 aliphatic rings. The predicted octanol–water partition coefficient (Wildman–Crippen LogP) is 0.856. The maximum absolute atomic E-state index is 16.5. The number of aliphatic hydroxyl groups excluding tert-OH is 1. The molecule has 0 aromatic heterocycles. The first-order chi connectivity index (χ1) is 25.7. The highest BCUT2D eigenvalue weighted by Gasteiger charge is 3.12. The lowest BCUT2D eigenvalue weighted by Gasteiger charge is -2.74. The largest absolute Gasteiger partial charge is 0.500 e. The zero-order valence-electron chi connectivity index (χ0n) is 32.0. The van der Waals surface area contributed by atoms with Crippen LogP contribution in [0.15, 0.2) is 35.1 Å². The topological polar surface area (TPSA) is 206 Å². The molecular formula is C42H49NO12. The average molecular weight is 760 g/mol. The SMILES string of the molecule is CC1=CC2C=C(C)C(C)C3C(CC(C)C)NC(=O)C23C(=O)C2C3C(OC4(O)C5(O)C(=O)C(C)C67C2OC3C46C2(O)C(=O)C5(C)C3=COCC37C2=O)C(O)CC1. The van der Waals surface area contributed by atoms with E-state index >= 15 is 24.0 Å². The first kappa shape index (κ1) is 35.1. The van der Waals surface area contributed by atoms with Gasteiger partial charge < -0.3 is 40.0 Å². The summed E-state index contributed by atoms with van der Waals surface area (Å²) in [7, 11) is 0. The van der Waals surface area contributed by atoms with Crippen molar-refractivity contribution in [3.8, 4) is 0 Å². The van der Waals surface area contributed by atoms with Crippen molar-refractivity contribution >= 4 is 29.0 Å². The highest BCUT2D eigenvalue weighted by Crippen LogP contribution is 2.95. The summed E-state index contributed by atoms with van der Waals surface area (Å²) in [5.41, 5.74) is -14.9. The lowest BCUT2D eigenvalue weighted by Crippen LogP contribution is -2.96. The molecule has 13 nitrogen and oxygen atoms in total. The van der Waals surface area contributed by atoms with Gasteiger partial charge in [0, 0.05) is 35.1 Å². The number of amides is 1. The van der Waals surface area contributed by atoms with Crippen LogP contribution in [0.1, 0.15) is 67.7 Å². The average Bonchev–Trinajstić information content (AvgIpc) is 3.90. The van der Waals surface area contributed by atoms with Crippen LogP contribution in [0.4, 0.5) is 0 Å². The summed E-state index contributed by atoms with van der Waals surface area (Å²) < 4.78 is 19.7. The van der Waals surface area contributed by atoms with Crippen molar-refractivity contribution in [3.63, 3.8) is 0 Å². The van der Waals surface area contributed by atoms with Crippen molar-refractivity contribution < 1.29 is 58.6 Å². The van der Waals surface area contributed by atoms with Crippen molar-refractivity contribution in [2.24, 2.45) is 68.5 Å². The van der Waals surface area contributed by atoms with Crippen molar-refractivity contribution in [3.05, 3.63) is 35.1 Å². The van der Waals surface area contributed by atoms with Crippen LogP contribution in [-0.4, -0.2) is 104 Å². The summed E-state index contributed by atoms with van der Waals surface area (Å²) >= 11 is 0. The van der Waals surface area contributed by atoms with Crippen molar-refractivity contribution in [2.75, 3.05) is 6.61 Å². The summed E-state index contributed by atoms with van der Waals surface area (Å²) in [6.07, 6.45) is 0.294. The number of ether oxygens (including phenoxy) is 3. The lowest BCUT2D eigenvalue weighted by atomic mass is 9.31. The van der Waals surface area contributed by atoms with E-state index in [0.717, 1.165) is 11.1 Å². The minimum Gasteiger partial charge on any atom is -0.500 e. The van der Waals surface area contributed by atoms with Gasteiger partial charge in [0.15, 0.2) is 34.3 Å². The Kier molecular flexibility index (Phi) is 6.03. The number of Topliss-reactive ketones (excluding diaryl/α,β-unsaturated/α-hetero) is 4. The number of fused-ring (bicyclic) bond motifs is 5. The second-order valence-corrected chi connectivity index (χ2v) is 19.8. The Labute approximate surface area is 317 Å². The van der Waals surface area contributed by atoms with Crippen LogP contribution in [0.25, 0.3) is 0 Å². The first-order valence-corrected chi connectivity index (χ1v) is 20.1. The summed E-state index contributed by atoms with van der Waals surface area (Å²) in [6.45, 7) is 12.4. The predicted molar refractivity (Wildman–Crippen MR) is 187 cm³/mol. The van der Waals surface area contributed by atoms with Crippen molar-refractivity contribution in [1.29, 1.82) is 0 Å². The van der Waals surface area contributed by atoms with Gasteiger partial charge in [-0.1, -0.05) is 51.0 Å².